The van der Waals surface area contributed by atoms with E-state index in [9.17, 15) is 8.42 Å². The van der Waals surface area contributed by atoms with E-state index in [1.165, 1.54) is 0 Å². The fourth-order valence-corrected chi connectivity index (χ4v) is 2.00. The van der Waals surface area contributed by atoms with E-state index in [1.54, 1.807) is 24.3 Å². The van der Waals surface area contributed by atoms with Gasteiger partial charge in [0, 0.05) is 0 Å². The molecule has 1 aliphatic heterocycles. The summed E-state index contributed by atoms with van der Waals surface area (Å²) in [6.07, 6.45) is 0. The van der Waals surface area contributed by atoms with E-state index in [1.807, 2.05) is 0 Å². The van der Waals surface area contributed by atoms with Crippen LogP contribution in [0, 0.1) is 0 Å². The molecule has 2 N–H and O–H groups in total. The summed E-state index contributed by atoms with van der Waals surface area (Å²) in [5.74, 6) is 0. The van der Waals surface area contributed by atoms with Crippen molar-refractivity contribution in [1.29, 1.82) is 0 Å². The van der Waals surface area contributed by atoms with Gasteiger partial charge in [0.05, 0.1) is 5.69 Å². The lowest BCUT2D eigenvalue weighted by atomic mass is 10.3. The van der Waals surface area contributed by atoms with Gasteiger partial charge in [0.15, 0.2) is 0 Å². The maximum absolute atomic E-state index is 11.1. The Kier molecular flexibility index (Phi) is 1.18. The Bertz CT molecular complexity index is 385. The van der Waals surface area contributed by atoms with Gasteiger partial charge < -0.3 is 5.43 Å². The van der Waals surface area contributed by atoms with Crippen LogP contribution >= 0.6 is 0 Å². The van der Waals surface area contributed by atoms with E-state index in [2.05, 4.69) is 10.3 Å². The highest BCUT2D eigenvalue weighted by molar-refractivity contribution is 7.90. The maximum atomic E-state index is 11.1. The quantitative estimate of drug-likeness (QED) is 0.589. The fourth-order valence-electron chi connectivity index (χ4n) is 0.981. The highest BCUT2D eigenvalue weighted by atomic mass is 32.2. The number of nitrogens with one attached hydrogen (secondary N) is 2. The highest BCUT2D eigenvalue weighted by Gasteiger charge is 2.23. The van der Waals surface area contributed by atoms with Crippen LogP contribution < -0.4 is 10.3 Å². The van der Waals surface area contributed by atoms with Crippen molar-refractivity contribution in [2.24, 2.45) is 0 Å². The zero-order valence-corrected chi connectivity index (χ0v) is 6.35. The molecule has 0 spiro atoms. The largest absolute Gasteiger partial charge is 0.306 e. The third kappa shape index (κ3) is 0.892. The molecule has 1 aromatic rings. The van der Waals surface area contributed by atoms with Gasteiger partial charge >= 0.3 is 0 Å². The molecule has 11 heavy (non-hydrogen) atoms. The second kappa shape index (κ2) is 1.96. The Balaban J connectivity index is 2.75. The smallest absolute Gasteiger partial charge is 0.259 e. The van der Waals surface area contributed by atoms with Crippen LogP contribution in [0.4, 0.5) is 5.69 Å². The predicted octanol–water partition coefficient (Wildman–Crippen LogP) is 0.305. The zero-order valence-electron chi connectivity index (χ0n) is 5.53. The zero-order chi connectivity index (χ0) is 7.90. The second-order valence-corrected chi connectivity index (χ2v) is 3.88. The van der Waals surface area contributed by atoms with Crippen LogP contribution in [0.1, 0.15) is 0 Å². The number of sulfonamides is 1. The molecule has 0 aromatic heterocycles. The first-order valence-electron chi connectivity index (χ1n) is 3.07. The summed E-state index contributed by atoms with van der Waals surface area (Å²) in [6.45, 7) is 0. The molecular formula is C6H6N2O2S. The van der Waals surface area contributed by atoms with Crippen molar-refractivity contribution in [2.75, 3.05) is 5.43 Å². The van der Waals surface area contributed by atoms with Gasteiger partial charge in [0.2, 0.25) is 0 Å². The molecule has 1 heterocycles. The van der Waals surface area contributed by atoms with E-state index in [-0.39, 0.29) is 0 Å². The normalized spacial score (nSPS) is 18.9. The van der Waals surface area contributed by atoms with Crippen LogP contribution in [-0.2, 0) is 10.0 Å². The predicted molar refractivity (Wildman–Crippen MR) is 40.4 cm³/mol. The maximum Gasteiger partial charge on any atom is 0.259 e. The molecule has 0 amide bonds. The number of para-hydroxylation sites is 1. The average molecular weight is 170 g/mol. The number of anilines is 1. The Morgan fingerprint density at radius 1 is 1.18 bits per heavy atom. The van der Waals surface area contributed by atoms with Crippen LogP contribution in [0.5, 0.6) is 0 Å². The lowest BCUT2D eigenvalue weighted by molar-refractivity contribution is 0.592. The Hall–Kier alpha value is -1.07. The minimum atomic E-state index is -3.27. The Morgan fingerprint density at radius 2 is 1.91 bits per heavy atom. The average Bonchev–Trinajstić information content (AvgIpc) is 2.29. The fraction of sp³-hybridized carbons (Fsp3) is 0. The summed E-state index contributed by atoms with van der Waals surface area (Å²) < 4.78 is 22.2. The van der Waals surface area contributed by atoms with Crippen LogP contribution in [0.15, 0.2) is 29.2 Å². The van der Waals surface area contributed by atoms with Crippen molar-refractivity contribution in [1.82, 2.24) is 4.83 Å². The third-order valence-electron chi connectivity index (χ3n) is 1.50. The molecule has 2 rings (SSSR count). The minimum Gasteiger partial charge on any atom is -0.306 e. The van der Waals surface area contributed by atoms with E-state index in [0.717, 1.165) is 0 Å². The first kappa shape index (κ1) is 6.63. The lowest BCUT2D eigenvalue weighted by Crippen LogP contribution is -2.20. The van der Waals surface area contributed by atoms with E-state index >= 15 is 0 Å². The van der Waals surface area contributed by atoms with Crippen molar-refractivity contribution < 1.29 is 8.42 Å². The van der Waals surface area contributed by atoms with Crippen LogP contribution in [-0.4, -0.2) is 8.42 Å². The molecule has 0 radical (unpaired) electrons. The molecule has 0 bridgehead atoms. The van der Waals surface area contributed by atoms with Gasteiger partial charge in [0.25, 0.3) is 10.0 Å². The minimum absolute atomic E-state index is 0.306. The van der Waals surface area contributed by atoms with Crippen LogP contribution in [0.25, 0.3) is 0 Å². The van der Waals surface area contributed by atoms with Crippen molar-refractivity contribution in [2.45, 2.75) is 4.90 Å². The number of hydrazine groups is 1. The molecule has 0 atom stereocenters. The number of fused-ring (bicyclic) bond motifs is 1. The first-order valence-corrected chi connectivity index (χ1v) is 4.55. The van der Waals surface area contributed by atoms with Gasteiger partial charge in [0.1, 0.15) is 4.90 Å². The molecule has 0 saturated carbocycles. The third-order valence-corrected chi connectivity index (χ3v) is 2.80. The summed E-state index contributed by atoms with van der Waals surface area (Å²) in [6, 6.07) is 6.71. The summed E-state index contributed by atoms with van der Waals surface area (Å²) in [5, 5.41) is 0. The standard InChI is InChI=1S/C6H6N2O2S/c9-11(10)6-4-2-1-3-5(6)7-8-11/h1-4,7-8H. The Labute approximate surface area is 64.3 Å². The molecule has 5 heteroatoms. The highest BCUT2D eigenvalue weighted by Crippen LogP contribution is 2.24. The van der Waals surface area contributed by atoms with Crippen LogP contribution in [0.2, 0.25) is 0 Å². The molecule has 1 aliphatic rings. The summed E-state index contributed by atoms with van der Waals surface area (Å²) in [5.41, 5.74) is 3.16. The summed E-state index contributed by atoms with van der Waals surface area (Å²) in [7, 11) is -3.27. The lowest BCUT2D eigenvalue weighted by Gasteiger charge is -1.90. The van der Waals surface area contributed by atoms with E-state index < -0.39 is 10.0 Å². The van der Waals surface area contributed by atoms with Crippen molar-refractivity contribution in [3.05, 3.63) is 24.3 Å². The molecule has 0 saturated heterocycles. The molecule has 0 unspecified atom stereocenters. The van der Waals surface area contributed by atoms with Crippen molar-refractivity contribution in [3.8, 4) is 0 Å². The number of hydrogen-bond acceptors (Lipinski definition) is 3. The second-order valence-electron chi connectivity index (χ2n) is 2.23. The number of benzene rings is 1. The Morgan fingerprint density at radius 3 is 2.64 bits per heavy atom. The van der Waals surface area contributed by atoms with E-state index in [0.29, 0.717) is 10.6 Å². The molecule has 1 aromatic carbocycles. The van der Waals surface area contributed by atoms with Gasteiger partial charge in [-0.15, -0.1) is 4.83 Å². The summed E-state index contributed by atoms with van der Waals surface area (Å²) >= 11 is 0. The molecule has 0 fully saturated rings. The number of hydrogen-bond donors (Lipinski definition) is 2. The SMILES string of the molecule is O=S1(=O)NNc2ccccc21. The molecule has 4 nitrogen and oxygen atoms in total. The number of rotatable bonds is 0. The summed E-state index contributed by atoms with van der Waals surface area (Å²) in [4.78, 5) is 2.49. The van der Waals surface area contributed by atoms with Gasteiger partial charge in [-0.2, -0.15) is 0 Å². The van der Waals surface area contributed by atoms with Crippen molar-refractivity contribution in [3.63, 3.8) is 0 Å². The van der Waals surface area contributed by atoms with Crippen molar-refractivity contribution >= 4 is 15.7 Å². The van der Waals surface area contributed by atoms with Gasteiger partial charge in [-0.3, -0.25) is 0 Å². The molecular weight excluding hydrogens is 164 g/mol. The van der Waals surface area contributed by atoms with Crippen LogP contribution in [0.3, 0.4) is 0 Å². The van der Waals surface area contributed by atoms with E-state index in [4.69, 9.17) is 0 Å². The monoisotopic (exact) mass is 170 g/mol. The van der Waals surface area contributed by atoms with Gasteiger partial charge in [-0.05, 0) is 12.1 Å². The van der Waals surface area contributed by atoms with Gasteiger partial charge in [-0.25, -0.2) is 8.42 Å². The van der Waals surface area contributed by atoms with Gasteiger partial charge in [-0.1, -0.05) is 12.1 Å². The first-order chi connectivity index (χ1) is 5.20. The topological polar surface area (TPSA) is 58.2 Å². The molecule has 58 valence electrons. The molecule has 0 aliphatic carbocycles.